The summed E-state index contributed by atoms with van der Waals surface area (Å²) in [5.74, 6) is 0.753. The first kappa shape index (κ1) is 14.8. The van der Waals surface area contributed by atoms with E-state index in [2.05, 4.69) is 10.3 Å². The van der Waals surface area contributed by atoms with Gasteiger partial charge in [-0.25, -0.2) is 0 Å². The van der Waals surface area contributed by atoms with Crippen LogP contribution in [0.15, 0.2) is 52.6 Å². The molecule has 0 amide bonds. The van der Waals surface area contributed by atoms with Gasteiger partial charge in [0.1, 0.15) is 10.4 Å². The summed E-state index contributed by atoms with van der Waals surface area (Å²) in [6.07, 6.45) is 0. The van der Waals surface area contributed by atoms with Gasteiger partial charge in [0.05, 0.1) is 18.3 Å². The van der Waals surface area contributed by atoms with E-state index in [1.54, 1.807) is 7.11 Å². The minimum atomic E-state index is -0.0496. The molecule has 0 fully saturated rings. The molecule has 0 atom stereocenters. The molecule has 4 nitrogen and oxygen atoms in total. The van der Waals surface area contributed by atoms with E-state index >= 15 is 0 Å². The Balaban J connectivity index is 2.11. The van der Waals surface area contributed by atoms with Gasteiger partial charge in [0.25, 0.3) is 5.56 Å². The monoisotopic (exact) mass is 336 g/mol. The van der Waals surface area contributed by atoms with Crippen LogP contribution in [-0.2, 0) is 0 Å². The van der Waals surface area contributed by atoms with Crippen LogP contribution >= 0.6 is 11.3 Å². The van der Waals surface area contributed by atoms with Crippen molar-refractivity contribution in [2.75, 3.05) is 12.4 Å². The smallest absolute Gasteiger partial charge is 0.266 e. The summed E-state index contributed by atoms with van der Waals surface area (Å²) < 4.78 is 6.34. The van der Waals surface area contributed by atoms with Crippen LogP contribution in [0.3, 0.4) is 0 Å². The number of pyridine rings is 1. The highest BCUT2D eigenvalue weighted by atomic mass is 32.1. The van der Waals surface area contributed by atoms with Crippen molar-refractivity contribution < 1.29 is 4.74 Å². The van der Waals surface area contributed by atoms with Crippen LogP contribution in [0, 0.1) is 6.92 Å². The quantitative estimate of drug-likeness (QED) is 0.565. The summed E-state index contributed by atoms with van der Waals surface area (Å²) in [5, 5.41) is 7.32. The van der Waals surface area contributed by atoms with E-state index in [-0.39, 0.29) is 5.56 Å². The van der Waals surface area contributed by atoms with E-state index in [1.165, 1.54) is 11.3 Å². The topological polar surface area (TPSA) is 54.1 Å². The second-order valence-corrected chi connectivity index (χ2v) is 6.55. The molecule has 5 heteroatoms. The lowest BCUT2D eigenvalue weighted by molar-refractivity contribution is 0.417. The third-order valence-electron chi connectivity index (χ3n) is 4.13. The van der Waals surface area contributed by atoms with Crippen LogP contribution in [0.4, 0.5) is 11.4 Å². The number of rotatable bonds is 3. The maximum atomic E-state index is 12.3. The van der Waals surface area contributed by atoms with Gasteiger partial charge in [-0.1, -0.05) is 18.2 Å². The van der Waals surface area contributed by atoms with Crippen molar-refractivity contribution in [2.24, 2.45) is 0 Å². The molecule has 0 bridgehead atoms. The predicted molar refractivity (Wildman–Crippen MR) is 101 cm³/mol. The Labute approximate surface area is 142 Å². The first-order chi connectivity index (χ1) is 11.7. The Morgan fingerprint density at radius 3 is 2.71 bits per heavy atom. The van der Waals surface area contributed by atoms with Crippen LogP contribution in [0.2, 0.25) is 0 Å². The minimum Gasteiger partial charge on any atom is -0.495 e. The first-order valence-electron chi connectivity index (χ1n) is 7.62. The number of para-hydroxylation sites is 1. The first-order valence-corrected chi connectivity index (χ1v) is 8.50. The van der Waals surface area contributed by atoms with Gasteiger partial charge < -0.3 is 15.0 Å². The molecule has 0 aliphatic carbocycles. The van der Waals surface area contributed by atoms with Crippen LogP contribution < -0.4 is 15.6 Å². The lowest BCUT2D eigenvalue weighted by Gasteiger charge is -2.16. The molecule has 0 aliphatic rings. The van der Waals surface area contributed by atoms with Gasteiger partial charge in [0.2, 0.25) is 0 Å². The molecule has 2 aromatic carbocycles. The fourth-order valence-corrected chi connectivity index (χ4v) is 3.82. The zero-order valence-electron chi connectivity index (χ0n) is 13.3. The van der Waals surface area contributed by atoms with Gasteiger partial charge in [-0.2, -0.15) is 0 Å². The molecule has 0 radical (unpaired) electrons. The van der Waals surface area contributed by atoms with Gasteiger partial charge in [-0.05, 0) is 42.1 Å². The van der Waals surface area contributed by atoms with Crippen molar-refractivity contribution in [3.05, 3.63) is 63.8 Å². The molecule has 0 spiro atoms. The van der Waals surface area contributed by atoms with Crippen molar-refractivity contribution in [1.82, 2.24) is 4.98 Å². The van der Waals surface area contributed by atoms with Crippen molar-refractivity contribution in [1.29, 1.82) is 0 Å². The summed E-state index contributed by atoms with van der Waals surface area (Å²) in [5.41, 5.74) is 3.60. The van der Waals surface area contributed by atoms with Crippen molar-refractivity contribution >= 4 is 43.7 Å². The molecule has 0 aliphatic heterocycles. The molecular formula is C19H16N2O2S. The van der Waals surface area contributed by atoms with E-state index in [0.717, 1.165) is 43.7 Å². The lowest BCUT2D eigenvalue weighted by Crippen LogP contribution is -2.07. The number of ether oxygens (including phenoxy) is 1. The van der Waals surface area contributed by atoms with E-state index < -0.39 is 0 Å². The van der Waals surface area contributed by atoms with Crippen LogP contribution in [0.1, 0.15) is 5.56 Å². The number of hydrogen-bond acceptors (Lipinski definition) is 4. The van der Waals surface area contributed by atoms with E-state index in [9.17, 15) is 4.79 Å². The highest BCUT2D eigenvalue weighted by Crippen LogP contribution is 2.40. The number of benzene rings is 2. The summed E-state index contributed by atoms with van der Waals surface area (Å²) >= 11 is 1.45. The normalized spacial score (nSPS) is 11.1. The molecule has 0 saturated heterocycles. The third kappa shape index (κ3) is 2.25. The molecule has 0 saturated carbocycles. The number of aromatic amines is 1. The average molecular weight is 336 g/mol. The Hall–Kier alpha value is -2.79. The van der Waals surface area contributed by atoms with E-state index in [0.29, 0.717) is 0 Å². The van der Waals surface area contributed by atoms with Gasteiger partial charge in [0.15, 0.2) is 0 Å². The Morgan fingerprint density at radius 2 is 1.96 bits per heavy atom. The molecule has 2 heterocycles. The summed E-state index contributed by atoms with van der Waals surface area (Å²) in [4.78, 5) is 15.4. The number of H-pyrrole nitrogens is 1. The highest BCUT2D eigenvalue weighted by molar-refractivity contribution is 7.17. The number of aromatic nitrogens is 1. The Kier molecular flexibility index (Phi) is 3.50. The fraction of sp³-hybridized carbons (Fsp3) is 0.105. The Morgan fingerprint density at radius 1 is 1.17 bits per heavy atom. The van der Waals surface area contributed by atoms with Crippen molar-refractivity contribution in [3.8, 4) is 5.75 Å². The summed E-state index contributed by atoms with van der Waals surface area (Å²) in [6, 6.07) is 13.9. The second kappa shape index (κ2) is 5.69. The summed E-state index contributed by atoms with van der Waals surface area (Å²) in [6.45, 7) is 1.98. The maximum Gasteiger partial charge on any atom is 0.266 e. The van der Waals surface area contributed by atoms with Crippen molar-refractivity contribution in [2.45, 2.75) is 6.92 Å². The average Bonchev–Trinajstić information content (AvgIpc) is 3.09. The van der Waals surface area contributed by atoms with E-state index in [1.807, 2.05) is 54.8 Å². The number of thiophene rings is 1. The largest absolute Gasteiger partial charge is 0.495 e. The number of aryl methyl sites for hydroxylation is 1. The lowest BCUT2D eigenvalue weighted by atomic mass is 10.0. The zero-order valence-corrected chi connectivity index (χ0v) is 14.2. The second-order valence-electron chi connectivity index (χ2n) is 5.63. The number of anilines is 2. The molecule has 2 aromatic heterocycles. The van der Waals surface area contributed by atoms with Crippen LogP contribution in [0.25, 0.3) is 21.0 Å². The number of hydrogen-bond donors (Lipinski definition) is 2. The standard InChI is InChI=1S/C19H16N2O2S/c1-11-10-14(23-2)17(20-12-6-4-3-5-7-12)15-13-8-9-24-18(13)19(22)21-16(11)15/h3-10,20H,1-2H3,(H,21,22). The molecule has 24 heavy (non-hydrogen) atoms. The molecule has 4 rings (SSSR count). The highest BCUT2D eigenvalue weighted by Gasteiger charge is 2.17. The van der Waals surface area contributed by atoms with Gasteiger partial charge in [0, 0.05) is 16.5 Å². The number of nitrogens with one attached hydrogen (secondary N) is 2. The predicted octanol–water partition coefficient (Wildman–Crippen LogP) is 4.80. The van der Waals surface area contributed by atoms with E-state index in [4.69, 9.17) is 4.74 Å². The Bertz CT molecular complexity index is 1100. The molecule has 0 unspecified atom stereocenters. The minimum absolute atomic E-state index is 0.0496. The summed E-state index contributed by atoms with van der Waals surface area (Å²) in [7, 11) is 1.66. The molecule has 2 N–H and O–H groups in total. The molecular weight excluding hydrogens is 320 g/mol. The van der Waals surface area contributed by atoms with Gasteiger partial charge in [-0.3, -0.25) is 4.79 Å². The SMILES string of the molecule is COc1cc(C)c2[nH]c(=O)c3sccc3c2c1Nc1ccccc1. The third-order valence-corrected chi connectivity index (χ3v) is 5.04. The van der Waals surface area contributed by atoms with Crippen LogP contribution in [0.5, 0.6) is 5.75 Å². The number of fused-ring (bicyclic) bond motifs is 3. The van der Waals surface area contributed by atoms with Crippen LogP contribution in [-0.4, -0.2) is 12.1 Å². The van der Waals surface area contributed by atoms with Crippen molar-refractivity contribution in [3.63, 3.8) is 0 Å². The van der Waals surface area contributed by atoms with Gasteiger partial charge in [-0.15, -0.1) is 11.3 Å². The fourth-order valence-electron chi connectivity index (χ4n) is 3.02. The molecule has 4 aromatic rings. The molecule has 120 valence electrons. The zero-order chi connectivity index (χ0) is 16.7. The van der Waals surface area contributed by atoms with Gasteiger partial charge >= 0.3 is 0 Å². The maximum absolute atomic E-state index is 12.3. The number of methoxy groups -OCH3 is 1.